The van der Waals surface area contributed by atoms with E-state index >= 15 is 0 Å². The molecule has 2 aliphatic heterocycles. The van der Waals surface area contributed by atoms with Crippen LogP contribution in [-0.2, 0) is 16.1 Å². The molecule has 2 saturated heterocycles. The Balaban J connectivity index is 1.32. The van der Waals surface area contributed by atoms with Crippen LogP contribution < -0.4 is 19.9 Å². The van der Waals surface area contributed by atoms with Gasteiger partial charge in [-0.25, -0.2) is 9.97 Å². The van der Waals surface area contributed by atoms with Crippen LogP contribution in [0.2, 0.25) is 0 Å². The van der Waals surface area contributed by atoms with Crippen LogP contribution in [0.25, 0.3) is 10.9 Å². The summed E-state index contributed by atoms with van der Waals surface area (Å²) in [5, 5.41) is 4.08. The lowest BCUT2D eigenvalue weighted by Gasteiger charge is -2.37. The number of nitrogens with one attached hydrogen (secondary N) is 1. The van der Waals surface area contributed by atoms with E-state index < -0.39 is 0 Å². The zero-order valence-electron chi connectivity index (χ0n) is 19.6. The van der Waals surface area contributed by atoms with Gasteiger partial charge < -0.3 is 24.6 Å². The van der Waals surface area contributed by atoms with Crippen molar-refractivity contribution in [2.75, 3.05) is 56.3 Å². The number of fused-ring (bicyclic) bond motifs is 1. The van der Waals surface area contributed by atoms with Crippen LogP contribution in [0.15, 0.2) is 48.5 Å². The predicted octanol–water partition coefficient (Wildman–Crippen LogP) is 3.01. The van der Waals surface area contributed by atoms with Gasteiger partial charge in [-0.05, 0) is 37.1 Å². The average molecular weight is 462 g/mol. The molecule has 8 nitrogen and oxygen atoms in total. The van der Waals surface area contributed by atoms with Crippen molar-refractivity contribution in [3.8, 4) is 5.75 Å². The molecular weight excluding hydrogens is 430 g/mol. The molecule has 1 aromatic heterocycles. The Morgan fingerprint density at radius 3 is 2.50 bits per heavy atom. The number of carbonyl (C=O) groups is 1. The molecule has 2 aliphatic rings. The van der Waals surface area contributed by atoms with Crippen molar-refractivity contribution in [2.24, 2.45) is 5.92 Å². The third kappa shape index (κ3) is 4.77. The second-order valence-electron chi connectivity index (χ2n) is 8.73. The molecule has 0 aliphatic carbocycles. The molecule has 8 heteroatoms. The lowest BCUT2D eigenvalue weighted by Crippen LogP contribution is -2.47. The Hall–Kier alpha value is -3.39. The molecule has 178 valence electrons. The van der Waals surface area contributed by atoms with E-state index in [4.69, 9.17) is 19.4 Å². The Morgan fingerprint density at radius 2 is 1.71 bits per heavy atom. The molecule has 3 aromatic rings. The summed E-state index contributed by atoms with van der Waals surface area (Å²) in [6.45, 7) is 5.04. The first-order valence-electron chi connectivity index (χ1n) is 12.0. The first-order valence-corrected chi connectivity index (χ1v) is 12.0. The van der Waals surface area contributed by atoms with Crippen molar-refractivity contribution in [3.05, 3.63) is 54.4 Å². The Morgan fingerprint density at radius 1 is 1.00 bits per heavy atom. The quantitative estimate of drug-likeness (QED) is 0.604. The number of anilines is 2. The van der Waals surface area contributed by atoms with Crippen molar-refractivity contribution in [3.63, 3.8) is 0 Å². The lowest BCUT2D eigenvalue weighted by molar-refractivity contribution is -0.128. The zero-order valence-corrected chi connectivity index (χ0v) is 19.6. The molecule has 0 atom stereocenters. The third-order valence-electron chi connectivity index (χ3n) is 6.65. The fourth-order valence-corrected chi connectivity index (χ4v) is 4.75. The van der Waals surface area contributed by atoms with E-state index in [0.717, 1.165) is 67.2 Å². The predicted molar refractivity (Wildman–Crippen MR) is 132 cm³/mol. The Bertz CT molecular complexity index is 1140. The van der Waals surface area contributed by atoms with Gasteiger partial charge >= 0.3 is 0 Å². The molecular formula is C26H31N5O3. The number of para-hydroxylation sites is 3. The van der Waals surface area contributed by atoms with E-state index in [1.807, 2.05) is 36.4 Å². The normalized spacial score (nSPS) is 17.1. The van der Waals surface area contributed by atoms with Gasteiger partial charge in [-0.15, -0.1) is 0 Å². The molecule has 3 heterocycles. The van der Waals surface area contributed by atoms with Gasteiger partial charge in [0.2, 0.25) is 5.91 Å². The zero-order chi connectivity index (χ0) is 23.3. The van der Waals surface area contributed by atoms with E-state index in [0.29, 0.717) is 25.6 Å². The largest absolute Gasteiger partial charge is 0.495 e. The summed E-state index contributed by atoms with van der Waals surface area (Å²) in [5.41, 5.74) is 2.02. The first-order chi connectivity index (χ1) is 16.7. The summed E-state index contributed by atoms with van der Waals surface area (Å²) in [7, 11) is 1.71. The molecule has 5 rings (SSSR count). The highest BCUT2D eigenvalue weighted by molar-refractivity contribution is 5.89. The molecule has 1 amide bonds. The second kappa shape index (κ2) is 10.3. The third-order valence-corrected chi connectivity index (χ3v) is 6.65. The van der Waals surface area contributed by atoms with Gasteiger partial charge in [0.25, 0.3) is 0 Å². The molecule has 0 spiro atoms. The second-order valence-corrected chi connectivity index (χ2v) is 8.73. The maximum absolute atomic E-state index is 12.6. The van der Waals surface area contributed by atoms with Gasteiger partial charge in [0.15, 0.2) is 5.82 Å². The van der Waals surface area contributed by atoms with Crippen molar-refractivity contribution < 1.29 is 14.3 Å². The van der Waals surface area contributed by atoms with E-state index in [-0.39, 0.29) is 11.8 Å². The Kier molecular flexibility index (Phi) is 6.76. The molecule has 0 unspecified atom stereocenters. The van der Waals surface area contributed by atoms with E-state index in [1.165, 1.54) is 0 Å². The number of hydrogen-bond acceptors (Lipinski definition) is 7. The number of rotatable bonds is 6. The number of methoxy groups -OCH3 is 1. The van der Waals surface area contributed by atoms with Crippen LogP contribution >= 0.6 is 0 Å². The fraction of sp³-hybridized carbons (Fsp3) is 0.423. The summed E-state index contributed by atoms with van der Waals surface area (Å²) in [4.78, 5) is 26.9. The van der Waals surface area contributed by atoms with Gasteiger partial charge in [-0.1, -0.05) is 24.3 Å². The van der Waals surface area contributed by atoms with Crippen LogP contribution in [0.5, 0.6) is 5.75 Å². The average Bonchev–Trinajstić information content (AvgIpc) is 2.92. The van der Waals surface area contributed by atoms with Crippen LogP contribution in [-0.4, -0.2) is 62.4 Å². The van der Waals surface area contributed by atoms with Gasteiger partial charge in [-0.3, -0.25) is 4.79 Å². The highest BCUT2D eigenvalue weighted by atomic mass is 16.5. The van der Waals surface area contributed by atoms with E-state index in [9.17, 15) is 4.79 Å². The summed E-state index contributed by atoms with van der Waals surface area (Å²) in [5.74, 6) is 2.54. The van der Waals surface area contributed by atoms with E-state index in [2.05, 4.69) is 27.2 Å². The van der Waals surface area contributed by atoms with Gasteiger partial charge in [0.05, 0.1) is 24.9 Å². The summed E-state index contributed by atoms with van der Waals surface area (Å²) < 4.78 is 10.9. The standard InChI is InChI=1S/C26H31N5O3/c1-33-23-9-5-4-8-22(23)30-12-14-31(15-13-30)25-20-6-2-3-7-21(20)28-24(29-25)18-27-26(32)19-10-16-34-17-11-19/h2-9,19H,10-18H2,1H3,(H,27,32). The highest BCUT2D eigenvalue weighted by Gasteiger charge is 2.24. The SMILES string of the molecule is COc1ccccc1N1CCN(c2nc(CNC(=O)C3CCOCC3)nc3ccccc23)CC1. The molecule has 0 bridgehead atoms. The summed E-state index contributed by atoms with van der Waals surface area (Å²) in [6, 6.07) is 16.2. The fourth-order valence-electron chi connectivity index (χ4n) is 4.75. The number of aromatic nitrogens is 2. The molecule has 0 saturated carbocycles. The molecule has 0 radical (unpaired) electrons. The molecule has 2 fully saturated rings. The van der Waals surface area contributed by atoms with Crippen LogP contribution in [0.1, 0.15) is 18.7 Å². The van der Waals surface area contributed by atoms with E-state index in [1.54, 1.807) is 7.11 Å². The number of hydrogen-bond donors (Lipinski definition) is 1. The van der Waals surface area contributed by atoms with Gasteiger partial charge in [-0.2, -0.15) is 0 Å². The first kappa shape index (κ1) is 22.4. The summed E-state index contributed by atoms with van der Waals surface area (Å²) >= 11 is 0. The minimum atomic E-state index is 0.0109. The van der Waals surface area contributed by atoms with Crippen LogP contribution in [0.3, 0.4) is 0 Å². The maximum atomic E-state index is 12.6. The number of amides is 1. The number of carbonyl (C=O) groups excluding carboxylic acids is 1. The lowest BCUT2D eigenvalue weighted by atomic mass is 9.99. The Labute approximate surface area is 199 Å². The molecule has 2 aromatic carbocycles. The van der Waals surface area contributed by atoms with Crippen molar-refractivity contribution in [1.82, 2.24) is 15.3 Å². The van der Waals surface area contributed by atoms with Crippen molar-refractivity contribution in [1.29, 1.82) is 0 Å². The number of piperazine rings is 1. The summed E-state index contributed by atoms with van der Waals surface area (Å²) in [6.07, 6.45) is 1.54. The molecule has 1 N–H and O–H groups in total. The number of ether oxygens (including phenoxy) is 2. The molecule has 34 heavy (non-hydrogen) atoms. The van der Waals surface area contributed by atoms with Crippen molar-refractivity contribution in [2.45, 2.75) is 19.4 Å². The maximum Gasteiger partial charge on any atom is 0.223 e. The monoisotopic (exact) mass is 461 g/mol. The van der Waals surface area contributed by atoms with Gasteiger partial charge in [0, 0.05) is 50.7 Å². The van der Waals surface area contributed by atoms with Crippen LogP contribution in [0.4, 0.5) is 11.5 Å². The number of nitrogens with zero attached hydrogens (tertiary/aromatic N) is 4. The number of benzene rings is 2. The van der Waals surface area contributed by atoms with Crippen LogP contribution in [0, 0.1) is 5.92 Å². The smallest absolute Gasteiger partial charge is 0.223 e. The minimum Gasteiger partial charge on any atom is -0.495 e. The highest BCUT2D eigenvalue weighted by Crippen LogP contribution is 2.30. The van der Waals surface area contributed by atoms with Gasteiger partial charge in [0.1, 0.15) is 11.6 Å². The topological polar surface area (TPSA) is 79.8 Å². The van der Waals surface area contributed by atoms with Crippen molar-refractivity contribution >= 4 is 28.3 Å². The minimum absolute atomic E-state index is 0.0109.